The van der Waals surface area contributed by atoms with E-state index in [0.717, 1.165) is 35.1 Å². The maximum Gasteiger partial charge on any atom is 0.406 e. The van der Waals surface area contributed by atoms with Crippen LogP contribution in [0.5, 0.6) is 11.5 Å². The molecule has 1 saturated heterocycles. The number of fused-ring (bicyclic) bond motifs is 2. The number of aromatic nitrogens is 1. The molecule has 0 spiro atoms. The number of ether oxygens (including phenoxy) is 2. The van der Waals surface area contributed by atoms with E-state index in [0.29, 0.717) is 71.9 Å². The van der Waals surface area contributed by atoms with Crippen LogP contribution in [0.25, 0.3) is 10.9 Å². The first-order valence-electron chi connectivity index (χ1n) is 21.5. The molecule has 4 atom stereocenters. The van der Waals surface area contributed by atoms with Crippen LogP contribution in [0.1, 0.15) is 61.1 Å². The van der Waals surface area contributed by atoms with Gasteiger partial charge >= 0.3 is 6.18 Å². The number of halogens is 4. The molecule has 0 radical (unpaired) electrons. The molecule has 0 unspecified atom stereocenters. The van der Waals surface area contributed by atoms with Crippen LogP contribution in [0, 0.1) is 17.8 Å². The van der Waals surface area contributed by atoms with Gasteiger partial charge in [-0.3, -0.25) is 9.59 Å². The number of carbonyl (C=O) groups is 2. The van der Waals surface area contributed by atoms with Gasteiger partial charge in [-0.05, 0) is 99.0 Å². The molecule has 0 aliphatic carbocycles. The van der Waals surface area contributed by atoms with Crippen molar-refractivity contribution in [1.82, 2.24) is 20.1 Å². The first-order chi connectivity index (χ1) is 30.1. The molecule has 2 aliphatic heterocycles. The minimum atomic E-state index is -4.49. The van der Waals surface area contributed by atoms with E-state index in [9.17, 15) is 32.3 Å². The van der Waals surface area contributed by atoms with Gasteiger partial charge in [-0.1, -0.05) is 31.9 Å². The quantitative estimate of drug-likeness (QED) is 0.0480. The molecule has 16 heteroatoms. The number of likely N-dealkylation sites (N-methyl/N-ethyl adjacent to an activating group) is 1. The molecule has 63 heavy (non-hydrogen) atoms. The highest BCUT2D eigenvalue weighted by Crippen LogP contribution is 2.33. The van der Waals surface area contributed by atoms with Crippen LogP contribution in [-0.2, 0) is 17.8 Å². The van der Waals surface area contributed by atoms with Crippen LogP contribution in [0.15, 0.2) is 60.7 Å². The van der Waals surface area contributed by atoms with Crippen molar-refractivity contribution in [2.75, 3.05) is 76.1 Å². The number of benzene rings is 3. The number of aliphatic hydroxyl groups excluding tert-OH is 1. The summed E-state index contributed by atoms with van der Waals surface area (Å²) in [6.07, 6.45) is -2.20. The van der Waals surface area contributed by atoms with Gasteiger partial charge in [-0.15, -0.1) is 0 Å². The molecule has 0 bridgehead atoms. The summed E-state index contributed by atoms with van der Waals surface area (Å²) in [5.74, 6) is 6.60. The average Bonchev–Trinajstić information content (AvgIpc) is 3.58. The zero-order valence-electron chi connectivity index (χ0n) is 36.6. The largest absolute Gasteiger partial charge is 0.495 e. The third-order valence-corrected chi connectivity index (χ3v) is 11.6. The minimum absolute atomic E-state index is 0.0523. The van der Waals surface area contributed by atoms with Gasteiger partial charge in [0.2, 0.25) is 5.91 Å². The van der Waals surface area contributed by atoms with E-state index < -0.39 is 31.0 Å². The number of carbonyl (C=O) groups excluding carboxylic acids is 2. The topological polar surface area (TPSA) is 132 Å². The van der Waals surface area contributed by atoms with Crippen LogP contribution in [-0.4, -0.2) is 117 Å². The van der Waals surface area contributed by atoms with E-state index in [4.69, 9.17) is 9.47 Å². The van der Waals surface area contributed by atoms with Crippen molar-refractivity contribution >= 4 is 39.8 Å². The van der Waals surface area contributed by atoms with Crippen LogP contribution < -0.4 is 35.6 Å². The van der Waals surface area contributed by atoms with E-state index in [-0.39, 0.29) is 49.2 Å². The molecule has 2 amide bonds. The predicted octanol–water partition coefficient (Wildman–Crippen LogP) is 6.60. The molecule has 1 aromatic heterocycles. The van der Waals surface area contributed by atoms with Crippen molar-refractivity contribution in [2.24, 2.45) is 5.92 Å². The lowest BCUT2D eigenvalue weighted by molar-refractivity contribution is -0.140. The van der Waals surface area contributed by atoms with Gasteiger partial charge < -0.3 is 50.2 Å². The molecular weight excluding hydrogens is 819 g/mol. The van der Waals surface area contributed by atoms with Crippen LogP contribution >= 0.6 is 0 Å². The highest BCUT2D eigenvalue weighted by molar-refractivity contribution is 5.95. The number of likely N-dealkylation sites (tertiary alicyclic amines) is 1. The summed E-state index contributed by atoms with van der Waals surface area (Å²) in [6, 6.07) is 16.2. The van der Waals surface area contributed by atoms with Crippen molar-refractivity contribution in [2.45, 2.75) is 83.0 Å². The minimum Gasteiger partial charge on any atom is -0.495 e. The Morgan fingerprint density at radius 2 is 1.86 bits per heavy atom. The molecular formula is C47H59F4N7O5. The number of anilines is 3. The zero-order valence-corrected chi connectivity index (χ0v) is 36.6. The Morgan fingerprint density at radius 1 is 1.05 bits per heavy atom. The Labute approximate surface area is 366 Å². The van der Waals surface area contributed by atoms with E-state index in [1.165, 1.54) is 7.11 Å². The number of rotatable bonds is 16. The number of nitrogens with one attached hydrogen (secondary N) is 4. The third-order valence-electron chi connectivity index (χ3n) is 11.6. The van der Waals surface area contributed by atoms with Gasteiger partial charge in [0, 0.05) is 55.1 Å². The Bertz CT molecular complexity index is 2270. The highest BCUT2D eigenvalue weighted by Gasteiger charge is 2.33. The molecule has 12 nitrogen and oxygen atoms in total. The number of nitrogens with zero attached hydrogens (tertiary/aromatic N) is 3. The van der Waals surface area contributed by atoms with E-state index in [2.05, 4.69) is 33.1 Å². The summed E-state index contributed by atoms with van der Waals surface area (Å²) in [6.45, 7) is 4.64. The third kappa shape index (κ3) is 12.1. The first-order valence-corrected chi connectivity index (χ1v) is 21.5. The van der Waals surface area contributed by atoms with Gasteiger partial charge in [0.15, 0.2) is 0 Å². The Hall–Kier alpha value is -5.66. The second-order valence-electron chi connectivity index (χ2n) is 16.7. The molecule has 0 saturated carbocycles. The van der Waals surface area contributed by atoms with E-state index >= 15 is 0 Å². The maximum atomic E-state index is 14.9. The summed E-state index contributed by atoms with van der Waals surface area (Å²) >= 11 is 0. The van der Waals surface area contributed by atoms with Gasteiger partial charge in [0.1, 0.15) is 30.3 Å². The number of piperidine rings is 1. The van der Waals surface area contributed by atoms with Crippen molar-refractivity contribution in [3.63, 3.8) is 0 Å². The van der Waals surface area contributed by atoms with E-state index in [1.807, 2.05) is 55.9 Å². The first kappa shape index (κ1) is 46.8. The SMILES string of the molecule is COc1cc(C(=O)NCCCCCOc2ccc3c(c2)N(C)[C@@H](C(C)C)C(=O)N[C@H](CO)C3)ccc1NCC#Cc1cc2c(N[C@@H]3CCN(C)C[C@@H]3F)cccc2n1CC(F)(F)F. The fourth-order valence-corrected chi connectivity index (χ4v) is 8.36. The Morgan fingerprint density at radius 3 is 2.59 bits per heavy atom. The Kier molecular flexibility index (Phi) is 15.7. The van der Waals surface area contributed by atoms with Gasteiger partial charge in [0.25, 0.3) is 5.91 Å². The van der Waals surface area contributed by atoms with Crippen molar-refractivity contribution in [1.29, 1.82) is 0 Å². The lowest BCUT2D eigenvalue weighted by atomic mass is 9.95. The number of hydrogen-bond acceptors (Lipinski definition) is 9. The normalized spacial score (nSPS) is 19.3. The van der Waals surface area contributed by atoms with Crippen LogP contribution in [0.3, 0.4) is 0 Å². The van der Waals surface area contributed by atoms with E-state index in [1.54, 1.807) is 42.5 Å². The van der Waals surface area contributed by atoms with Gasteiger partial charge in [-0.2, -0.15) is 13.2 Å². The molecule has 340 valence electrons. The zero-order chi connectivity index (χ0) is 45.3. The predicted molar refractivity (Wildman–Crippen MR) is 239 cm³/mol. The standard InChI is InChI=1S/C47H59F4N7O5/c1-30(2)44-46(61)54-33(28-59)23-31-14-16-35(26-42(31)57(44)4)63-22-8-6-7-19-53-45(60)32-15-17-40(43(24-32)62-5)52-20-10-11-34-25-36-38(55-39-18-21-56(3)27-37(39)48)12-9-13-41(36)58(34)29-47(49,50)51/h9,12-17,24-26,30,33,37,39,44,52,55,59H,6-8,18-23,27-29H2,1-5H3,(H,53,60)(H,54,61)/t33-,37-,39+,44-/m0/s1. The fourth-order valence-electron chi connectivity index (χ4n) is 8.36. The second-order valence-corrected chi connectivity index (χ2v) is 16.7. The van der Waals surface area contributed by atoms with Crippen molar-refractivity contribution in [3.05, 3.63) is 77.5 Å². The van der Waals surface area contributed by atoms with Gasteiger partial charge in [-0.25, -0.2) is 4.39 Å². The smallest absolute Gasteiger partial charge is 0.406 e. The van der Waals surface area contributed by atoms with Gasteiger partial charge in [0.05, 0.1) is 55.9 Å². The molecule has 1 fully saturated rings. The van der Waals surface area contributed by atoms with Crippen LogP contribution in [0.2, 0.25) is 0 Å². The number of amides is 2. The van der Waals surface area contributed by atoms with Crippen molar-refractivity contribution < 1.29 is 41.7 Å². The number of alkyl halides is 4. The molecule has 6 rings (SSSR count). The second kappa shape index (κ2) is 21.1. The maximum absolute atomic E-state index is 14.9. The summed E-state index contributed by atoms with van der Waals surface area (Å²) in [7, 11) is 5.24. The average molecular weight is 878 g/mol. The number of hydrogen-bond donors (Lipinski definition) is 5. The summed E-state index contributed by atoms with van der Waals surface area (Å²) < 4.78 is 68.9. The van der Waals surface area contributed by atoms with Crippen molar-refractivity contribution in [3.8, 4) is 23.3 Å². The molecule has 3 aromatic carbocycles. The molecule has 5 N–H and O–H groups in total. The lowest BCUT2D eigenvalue weighted by Crippen LogP contribution is -2.54. The molecule has 4 aromatic rings. The fraction of sp³-hybridized carbons (Fsp3) is 0.489. The molecule has 3 heterocycles. The molecule has 2 aliphatic rings. The Balaban J connectivity index is 0.990. The van der Waals surface area contributed by atoms with Crippen LogP contribution in [0.4, 0.5) is 34.6 Å². The summed E-state index contributed by atoms with van der Waals surface area (Å²) in [5.41, 5.74) is 3.97. The monoisotopic (exact) mass is 877 g/mol. The summed E-state index contributed by atoms with van der Waals surface area (Å²) in [5, 5.41) is 22.7. The number of methoxy groups -OCH3 is 1. The highest BCUT2D eigenvalue weighted by atomic mass is 19.4. The lowest BCUT2D eigenvalue weighted by Gasteiger charge is -2.37. The number of aliphatic hydroxyl groups is 1. The summed E-state index contributed by atoms with van der Waals surface area (Å²) in [4.78, 5) is 29.9. The number of unbranched alkanes of at least 4 members (excludes halogenated alkanes) is 2.